The van der Waals surface area contributed by atoms with E-state index < -0.39 is 5.60 Å². The minimum absolute atomic E-state index is 0.0534. The Bertz CT molecular complexity index is 467. The van der Waals surface area contributed by atoms with Crippen molar-refractivity contribution in [3.05, 3.63) is 20.8 Å². The summed E-state index contributed by atoms with van der Waals surface area (Å²) in [5.74, 6) is 0.753. The molecule has 0 radical (unpaired) electrons. The number of aryl methyl sites for hydroxylation is 1. The average Bonchev–Trinajstić information content (AvgIpc) is 2.86. The van der Waals surface area contributed by atoms with Crippen molar-refractivity contribution in [3.63, 3.8) is 0 Å². The predicted molar refractivity (Wildman–Crippen MR) is 90.5 cm³/mol. The maximum absolute atomic E-state index is 11.9. The molecular formula is C16H24BrNO2S. The Morgan fingerprint density at radius 2 is 2.19 bits per heavy atom. The van der Waals surface area contributed by atoms with Crippen molar-refractivity contribution < 1.29 is 9.90 Å². The summed E-state index contributed by atoms with van der Waals surface area (Å²) in [6.07, 6.45) is 6.04. The number of amides is 1. The number of carbonyl (C=O) groups excluding carboxylic acids is 1. The van der Waals surface area contributed by atoms with E-state index in [1.165, 1.54) is 4.88 Å². The lowest BCUT2D eigenvalue weighted by molar-refractivity contribution is -0.122. The van der Waals surface area contributed by atoms with E-state index in [0.717, 1.165) is 42.3 Å². The molecule has 5 heteroatoms. The molecule has 2 N–H and O–H groups in total. The van der Waals surface area contributed by atoms with Crippen LogP contribution < -0.4 is 5.32 Å². The number of rotatable bonds is 6. The van der Waals surface area contributed by atoms with E-state index in [2.05, 4.69) is 34.2 Å². The van der Waals surface area contributed by atoms with Gasteiger partial charge in [0.1, 0.15) is 0 Å². The third-order valence-electron chi connectivity index (χ3n) is 4.28. The summed E-state index contributed by atoms with van der Waals surface area (Å²) < 4.78 is 1.13. The molecule has 1 aromatic rings. The molecule has 0 aromatic carbocycles. The highest BCUT2D eigenvalue weighted by Gasteiger charge is 2.31. The highest BCUT2D eigenvalue weighted by molar-refractivity contribution is 9.11. The molecule has 1 aliphatic rings. The first-order chi connectivity index (χ1) is 9.97. The molecule has 1 fully saturated rings. The number of aliphatic hydroxyl groups is 1. The fourth-order valence-corrected chi connectivity index (χ4v) is 4.26. The maximum Gasteiger partial charge on any atom is 0.220 e. The van der Waals surface area contributed by atoms with Gasteiger partial charge in [0.2, 0.25) is 5.91 Å². The molecule has 118 valence electrons. The quantitative estimate of drug-likeness (QED) is 0.794. The van der Waals surface area contributed by atoms with Gasteiger partial charge in [-0.3, -0.25) is 4.79 Å². The average molecular weight is 374 g/mol. The van der Waals surface area contributed by atoms with Gasteiger partial charge in [-0.25, -0.2) is 0 Å². The Morgan fingerprint density at radius 1 is 1.48 bits per heavy atom. The molecular weight excluding hydrogens is 350 g/mol. The van der Waals surface area contributed by atoms with Gasteiger partial charge in [-0.1, -0.05) is 6.92 Å². The van der Waals surface area contributed by atoms with Crippen molar-refractivity contribution in [1.82, 2.24) is 5.32 Å². The van der Waals surface area contributed by atoms with Crippen molar-refractivity contribution in [2.24, 2.45) is 5.92 Å². The Balaban J connectivity index is 1.63. The zero-order chi connectivity index (χ0) is 15.3. The van der Waals surface area contributed by atoms with Crippen LogP contribution in [0.5, 0.6) is 0 Å². The van der Waals surface area contributed by atoms with E-state index in [-0.39, 0.29) is 5.91 Å². The standard InChI is InChI=1S/C16H24BrNO2S/c1-12-7-9-16(20,10-8-12)11-18-15(19)4-2-3-13-5-6-14(17)21-13/h5-6,12,20H,2-4,7-11H2,1H3,(H,18,19). The van der Waals surface area contributed by atoms with Crippen LogP contribution in [-0.2, 0) is 11.2 Å². The first kappa shape index (κ1) is 17.0. The van der Waals surface area contributed by atoms with Gasteiger partial charge in [-0.05, 0) is 72.5 Å². The third kappa shape index (κ3) is 5.72. The van der Waals surface area contributed by atoms with Gasteiger partial charge >= 0.3 is 0 Å². The molecule has 1 amide bonds. The first-order valence-corrected chi connectivity index (χ1v) is 9.31. The number of hydrogen-bond donors (Lipinski definition) is 2. The van der Waals surface area contributed by atoms with Crippen LogP contribution >= 0.6 is 27.3 Å². The Labute approximate surface area is 139 Å². The number of hydrogen-bond acceptors (Lipinski definition) is 3. The molecule has 0 spiro atoms. The van der Waals surface area contributed by atoms with Gasteiger partial charge < -0.3 is 10.4 Å². The molecule has 1 aliphatic carbocycles. The number of thiophene rings is 1. The van der Waals surface area contributed by atoms with Crippen LogP contribution in [0.15, 0.2) is 15.9 Å². The van der Waals surface area contributed by atoms with Gasteiger partial charge in [0.15, 0.2) is 0 Å². The van der Waals surface area contributed by atoms with Crippen LogP contribution in [0, 0.1) is 5.92 Å². The second-order valence-corrected chi connectivity index (χ2v) is 8.79. The van der Waals surface area contributed by atoms with E-state index in [0.29, 0.717) is 18.9 Å². The van der Waals surface area contributed by atoms with Crippen molar-refractivity contribution >= 4 is 33.2 Å². The van der Waals surface area contributed by atoms with E-state index in [1.807, 2.05) is 6.07 Å². The molecule has 0 aliphatic heterocycles. The fraction of sp³-hybridized carbons (Fsp3) is 0.688. The first-order valence-electron chi connectivity index (χ1n) is 7.70. The van der Waals surface area contributed by atoms with Gasteiger partial charge in [-0.2, -0.15) is 0 Å². The van der Waals surface area contributed by atoms with Crippen LogP contribution in [0.2, 0.25) is 0 Å². The highest BCUT2D eigenvalue weighted by atomic mass is 79.9. The second kappa shape index (κ2) is 7.75. The number of halogens is 1. The van der Waals surface area contributed by atoms with Crippen molar-refractivity contribution in [2.75, 3.05) is 6.54 Å². The summed E-state index contributed by atoms with van der Waals surface area (Å²) >= 11 is 5.16. The lowest BCUT2D eigenvalue weighted by Crippen LogP contribution is -2.45. The topological polar surface area (TPSA) is 49.3 Å². The van der Waals surface area contributed by atoms with Crippen LogP contribution in [-0.4, -0.2) is 23.2 Å². The number of carbonyl (C=O) groups is 1. The fourth-order valence-electron chi connectivity index (χ4n) is 2.74. The van der Waals surface area contributed by atoms with Gasteiger partial charge in [-0.15, -0.1) is 11.3 Å². The largest absolute Gasteiger partial charge is 0.388 e. The van der Waals surface area contributed by atoms with E-state index in [9.17, 15) is 9.90 Å². The van der Waals surface area contributed by atoms with Crippen LogP contribution in [0.3, 0.4) is 0 Å². The predicted octanol–water partition coefficient (Wildman–Crippen LogP) is 3.89. The van der Waals surface area contributed by atoms with Crippen molar-refractivity contribution in [1.29, 1.82) is 0 Å². The third-order valence-corrected chi connectivity index (χ3v) is 5.96. The molecule has 21 heavy (non-hydrogen) atoms. The molecule has 0 bridgehead atoms. The monoisotopic (exact) mass is 373 g/mol. The number of nitrogens with one attached hydrogen (secondary N) is 1. The minimum atomic E-state index is -0.680. The van der Waals surface area contributed by atoms with Crippen molar-refractivity contribution in [2.45, 2.75) is 57.5 Å². The van der Waals surface area contributed by atoms with E-state index in [1.54, 1.807) is 11.3 Å². The lowest BCUT2D eigenvalue weighted by Gasteiger charge is -2.34. The Kier molecular flexibility index (Phi) is 6.26. The molecule has 1 saturated carbocycles. The molecule has 3 nitrogen and oxygen atoms in total. The van der Waals surface area contributed by atoms with Gasteiger partial charge in [0, 0.05) is 17.8 Å². The van der Waals surface area contributed by atoms with Crippen molar-refractivity contribution in [3.8, 4) is 0 Å². The normalized spacial score (nSPS) is 25.8. The SMILES string of the molecule is CC1CCC(O)(CNC(=O)CCCc2ccc(Br)s2)CC1. The second-order valence-electron chi connectivity index (χ2n) is 6.24. The summed E-state index contributed by atoms with van der Waals surface area (Å²) in [5, 5.41) is 13.3. The summed E-state index contributed by atoms with van der Waals surface area (Å²) in [7, 11) is 0. The van der Waals surface area contributed by atoms with Crippen LogP contribution in [0.4, 0.5) is 0 Å². The molecule has 1 heterocycles. The smallest absolute Gasteiger partial charge is 0.220 e. The summed E-state index contributed by atoms with van der Waals surface area (Å²) in [5.41, 5.74) is -0.680. The van der Waals surface area contributed by atoms with E-state index >= 15 is 0 Å². The maximum atomic E-state index is 11.9. The molecule has 0 saturated heterocycles. The Morgan fingerprint density at radius 3 is 2.81 bits per heavy atom. The highest BCUT2D eigenvalue weighted by Crippen LogP contribution is 2.31. The zero-order valence-electron chi connectivity index (χ0n) is 12.5. The molecule has 0 unspecified atom stereocenters. The lowest BCUT2D eigenvalue weighted by atomic mass is 9.79. The van der Waals surface area contributed by atoms with Crippen LogP contribution in [0.25, 0.3) is 0 Å². The van der Waals surface area contributed by atoms with Crippen LogP contribution in [0.1, 0.15) is 50.3 Å². The van der Waals surface area contributed by atoms with Gasteiger partial charge in [0.05, 0.1) is 9.39 Å². The molecule has 0 atom stereocenters. The summed E-state index contributed by atoms with van der Waals surface area (Å²) in [6, 6.07) is 4.14. The zero-order valence-corrected chi connectivity index (χ0v) is 14.9. The molecule has 1 aromatic heterocycles. The minimum Gasteiger partial charge on any atom is -0.388 e. The summed E-state index contributed by atoms with van der Waals surface area (Å²) in [4.78, 5) is 13.2. The molecule has 2 rings (SSSR count). The van der Waals surface area contributed by atoms with Gasteiger partial charge in [0.25, 0.3) is 0 Å². The van der Waals surface area contributed by atoms with E-state index in [4.69, 9.17) is 0 Å². The Hall–Kier alpha value is -0.390. The summed E-state index contributed by atoms with van der Waals surface area (Å²) in [6.45, 7) is 2.63.